The Hall–Kier alpha value is -1.72. The molecule has 0 bridgehead atoms. The average molecular weight is 307 g/mol. The summed E-state index contributed by atoms with van der Waals surface area (Å²) in [6.45, 7) is 4.06. The van der Waals surface area contributed by atoms with Crippen molar-refractivity contribution in [2.24, 2.45) is 0 Å². The fraction of sp³-hybridized carbons (Fsp3) is 0.312. The number of carbonyl (C=O) groups is 1. The van der Waals surface area contributed by atoms with Crippen LogP contribution in [-0.2, 0) is 0 Å². The fourth-order valence-electron chi connectivity index (χ4n) is 1.96. The van der Waals surface area contributed by atoms with Crippen molar-refractivity contribution in [2.75, 3.05) is 6.54 Å². The number of rotatable bonds is 5. The van der Waals surface area contributed by atoms with E-state index in [0.717, 1.165) is 16.0 Å². The van der Waals surface area contributed by atoms with E-state index < -0.39 is 6.10 Å². The average Bonchev–Trinajstić information content (AvgIpc) is 2.81. The van der Waals surface area contributed by atoms with Gasteiger partial charge in [-0.25, -0.2) is 4.39 Å². The van der Waals surface area contributed by atoms with Crippen LogP contribution >= 0.6 is 11.3 Å². The van der Waals surface area contributed by atoms with E-state index in [1.165, 1.54) is 23.5 Å². The maximum absolute atomic E-state index is 13.0. The van der Waals surface area contributed by atoms with Gasteiger partial charge in [0.1, 0.15) is 5.82 Å². The van der Waals surface area contributed by atoms with E-state index in [4.69, 9.17) is 0 Å². The minimum Gasteiger partial charge on any atom is -0.393 e. The molecule has 1 amide bonds. The molecule has 5 heteroatoms. The number of aryl methyl sites for hydroxylation is 1. The number of aliphatic hydroxyl groups excluding tert-OH is 1. The van der Waals surface area contributed by atoms with Gasteiger partial charge in [-0.05, 0) is 49.6 Å². The number of carbonyl (C=O) groups excluding carboxylic acids is 1. The number of halogens is 1. The minimum atomic E-state index is -0.426. The summed E-state index contributed by atoms with van der Waals surface area (Å²) >= 11 is 1.39. The van der Waals surface area contributed by atoms with Gasteiger partial charge in [-0.2, -0.15) is 0 Å². The van der Waals surface area contributed by atoms with Gasteiger partial charge in [0.15, 0.2) is 0 Å². The van der Waals surface area contributed by atoms with E-state index in [0.29, 0.717) is 17.8 Å². The summed E-state index contributed by atoms with van der Waals surface area (Å²) < 4.78 is 13.0. The van der Waals surface area contributed by atoms with Crippen LogP contribution < -0.4 is 5.32 Å². The quantitative estimate of drug-likeness (QED) is 0.890. The predicted octanol–water partition coefficient (Wildman–Crippen LogP) is 3.36. The summed E-state index contributed by atoms with van der Waals surface area (Å²) in [4.78, 5) is 13.6. The molecule has 0 fully saturated rings. The van der Waals surface area contributed by atoms with Gasteiger partial charge in [-0.3, -0.25) is 4.79 Å². The summed E-state index contributed by atoms with van der Waals surface area (Å²) in [5.41, 5.74) is 1.90. The molecule has 0 radical (unpaired) electrons. The molecule has 2 N–H and O–H groups in total. The number of amides is 1. The van der Waals surface area contributed by atoms with E-state index in [9.17, 15) is 14.3 Å². The van der Waals surface area contributed by atoms with Crippen LogP contribution in [0.5, 0.6) is 0 Å². The number of nitrogens with one attached hydrogen (secondary N) is 1. The molecule has 1 unspecified atom stereocenters. The summed E-state index contributed by atoms with van der Waals surface area (Å²) in [6, 6.07) is 8.08. The summed E-state index contributed by atoms with van der Waals surface area (Å²) in [7, 11) is 0. The molecule has 2 rings (SSSR count). The predicted molar refractivity (Wildman–Crippen MR) is 83.1 cm³/mol. The zero-order chi connectivity index (χ0) is 15.4. The Morgan fingerprint density at radius 2 is 2.05 bits per heavy atom. The fourth-order valence-corrected chi connectivity index (χ4v) is 3.06. The maximum Gasteiger partial charge on any atom is 0.261 e. The molecule has 0 aliphatic heterocycles. The van der Waals surface area contributed by atoms with Crippen LogP contribution in [0.1, 0.15) is 28.6 Å². The van der Waals surface area contributed by atoms with Crippen molar-refractivity contribution >= 4 is 17.2 Å². The van der Waals surface area contributed by atoms with Crippen LogP contribution in [0.4, 0.5) is 4.39 Å². The molecule has 21 heavy (non-hydrogen) atoms. The molecule has 112 valence electrons. The summed E-state index contributed by atoms with van der Waals surface area (Å²) in [5, 5.41) is 12.0. The second-order valence-corrected chi connectivity index (χ2v) is 6.08. The van der Waals surface area contributed by atoms with E-state index in [1.807, 2.05) is 13.0 Å². The SMILES string of the molecule is Cc1cc(C(=O)NCCC(C)O)sc1-c1ccc(F)cc1. The van der Waals surface area contributed by atoms with E-state index >= 15 is 0 Å². The first-order chi connectivity index (χ1) is 9.97. The highest BCUT2D eigenvalue weighted by Crippen LogP contribution is 2.32. The molecule has 1 heterocycles. The summed E-state index contributed by atoms with van der Waals surface area (Å²) in [5.74, 6) is -0.416. The lowest BCUT2D eigenvalue weighted by Crippen LogP contribution is -2.25. The first kappa shape index (κ1) is 15.7. The monoisotopic (exact) mass is 307 g/mol. The second kappa shape index (κ2) is 6.83. The Bertz CT molecular complexity index is 620. The standard InChI is InChI=1S/C16H18FNO2S/c1-10-9-14(16(20)18-8-7-11(2)19)21-15(10)12-3-5-13(17)6-4-12/h3-6,9,11,19H,7-8H2,1-2H3,(H,18,20). The van der Waals surface area contributed by atoms with Crippen LogP contribution in [0.3, 0.4) is 0 Å². The third-order valence-electron chi connectivity index (χ3n) is 3.10. The number of hydrogen-bond donors (Lipinski definition) is 2. The summed E-state index contributed by atoms with van der Waals surface area (Å²) in [6.07, 6.45) is 0.103. The van der Waals surface area contributed by atoms with Crippen LogP contribution in [0, 0.1) is 12.7 Å². The highest BCUT2D eigenvalue weighted by atomic mass is 32.1. The Kier molecular flexibility index (Phi) is 5.09. The topological polar surface area (TPSA) is 49.3 Å². The van der Waals surface area contributed by atoms with Crippen molar-refractivity contribution in [2.45, 2.75) is 26.4 Å². The van der Waals surface area contributed by atoms with Crippen molar-refractivity contribution in [3.8, 4) is 10.4 Å². The molecule has 2 aromatic rings. The largest absolute Gasteiger partial charge is 0.393 e. The molecular weight excluding hydrogens is 289 g/mol. The van der Waals surface area contributed by atoms with Crippen LogP contribution in [-0.4, -0.2) is 23.7 Å². The van der Waals surface area contributed by atoms with Gasteiger partial charge >= 0.3 is 0 Å². The van der Waals surface area contributed by atoms with Gasteiger partial charge in [-0.1, -0.05) is 12.1 Å². The zero-order valence-corrected chi connectivity index (χ0v) is 12.8. The third-order valence-corrected chi connectivity index (χ3v) is 4.38. The van der Waals surface area contributed by atoms with Crippen molar-refractivity contribution in [1.29, 1.82) is 0 Å². The molecule has 0 aliphatic rings. The molecule has 1 aromatic carbocycles. The van der Waals surface area contributed by atoms with Gasteiger partial charge < -0.3 is 10.4 Å². The zero-order valence-electron chi connectivity index (χ0n) is 12.0. The van der Waals surface area contributed by atoms with Gasteiger partial charge in [0.05, 0.1) is 11.0 Å². The van der Waals surface area contributed by atoms with Crippen molar-refractivity contribution in [3.05, 3.63) is 46.6 Å². The van der Waals surface area contributed by atoms with Crippen LogP contribution in [0.2, 0.25) is 0 Å². The van der Waals surface area contributed by atoms with Crippen molar-refractivity contribution < 1.29 is 14.3 Å². The number of thiophene rings is 1. The third kappa shape index (κ3) is 4.12. The molecule has 1 aromatic heterocycles. The molecule has 0 aliphatic carbocycles. The number of hydrogen-bond acceptors (Lipinski definition) is 3. The van der Waals surface area contributed by atoms with Gasteiger partial charge in [-0.15, -0.1) is 11.3 Å². The van der Waals surface area contributed by atoms with Crippen molar-refractivity contribution in [1.82, 2.24) is 5.32 Å². The Labute approximate surface area is 127 Å². The molecule has 1 atom stereocenters. The van der Waals surface area contributed by atoms with E-state index in [1.54, 1.807) is 19.1 Å². The molecular formula is C16H18FNO2S. The molecule has 0 spiro atoms. The van der Waals surface area contributed by atoms with Crippen LogP contribution in [0.15, 0.2) is 30.3 Å². The van der Waals surface area contributed by atoms with Crippen LogP contribution in [0.25, 0.3) is 10.4 Å². The highest BCUT2D eigenvalue weighted by molar-refractivity contribution is 7.17. The minimum absolute atomic E-state index is 0.142. The lowest BCUT2D eigenvalue weighted by Gasteiger charge is -2.05. The van der Waals surface area contributed by atoms with Gasteiger partial charge in [0.25, 0.3) is 5.91 Å². The first-order valence-corrected chi connectivity index (χ1v) is 7.61. The maximum atomic E-state index is 13.0. The molecule has 0 saturated carbocycles. The Balaban J connectivity index is 2.11. The Morgan fingerprint density at radius 1 is 1.38 bits per heavy atom. The number of aliphatic hydroxyl groups is 1. The Morgan fingerprint density at radius 3 is 2.67 bits per heavy atom. The van der Waals surface area contributed by atoms with Crippen molar-refractivity contribution in [3.63, 3.8) is 0 Å². The first-order valence-electron chi connectivity index (χ1n) is 6.80. The number of benzene rings is 1. The van der Waals surface area contributed by atoms with Gasteiger partial charge in [0, 0.05) is 11.4 Å². The molecule has 3 nitrogen and oxygen atoms in total. The molecule has 0 saturated heterocycles. The van der Waals surface area contributed by atoms with E-state index in [-0.39, 0.29) is 11.7 Å². The second-order valence-electron chi connectivity index (χ2n) is 5.02. The van der Waals surface area contributed by atoms with E-state index in [2.05, 4.69) is 5.32 Å². The highest BCUT2D eigenvalue weighted by Gasteiger charge is 2.13. The van der Waals surface area contributed by atoms with Gasteiger partial charge in [0.2, 0.25) is 0 Å². The normalized spacial score (nSPS) is 12.2. The lowest BCUT2D eigenvalue weighted by atomic mass is 10.1. The smallest absolute Gasteiger partial charge is 0.261 e. The lowest BCUT2D eigenvalue weighted by molar-refractivity contribution is 0.0949.